The van der Waals surface area contributed by atoms with E-state index in [4.69, 9.17) is 18.8 Å². The maximum absolute atomic E-state index is 8.56. The second-order valence-corrected chi connectivity index (χ2v) is 0.283. The molecule has 0 radical (unpaired) electrons. The zero-order valence-electron chi connectivity index (χ0n) is 4.27. The van der Waals surface area contributed by atoms with E-state index in [1.807, 2.05) is 0 Å². The van der Waals surface area contributed by atoms with Gasteiger partial charge in [0.25, 0.3) is 0 Å². The van der Waals surface area contributed by atoms with Crippen molar-refractivity contribution >= 4 is 22.4 Å². The van der Waals surface area contributed by atoms with Crippen molar-refractivity contribution in [3.63, 3.8) is 0 Å². The fourth-order valence-electron chi connectivity index (χ4n) is 0. The molecule has 0 saturated carbocycles. The van der Waals surface area contributed by atoms with Crippen LogP contribution in [0, 0.1) is 0 Å². The fraction of sp³-hybridized carbons (Fsp3) is 0. The summed E-state index contributed by atoms with van der Waals surface area (Å²) in [6.45, 7) is 0. The van der Waals surface area contributed by atoms with E-state index in [-0.39, 0.29) is 28.0 Å². The van der Waals surface area contributed by atoms with E-state index in [1.165, 1.54) is 0 Å². The summed E-state index contributed by atoms with van der Waals surface area (Å²) >= 11 is 0.611. The van der Waals surface area contributed by atoms with E-state index in [2.05, 4.69) is 0 Å². The van der Waals surface area contributed by atoms with Gasteiger partial charge in [-0.15, -0.1) is 0 Å². The average molecular weight is 198 g/mol. The van der Waals surface area contributed by atoms with E-state index in [9.17, 15) is 0 Å². The first kappa shape index (κ1) is 35.8. The zero-order valence-corrected chi connectivity index (χ0v) is 6.79. The number of hydrogen-bond acceptors (Lipinski definition) is 2. The Bertz CT molecular complexity index is 44.3. The summed E-state index contributed by atoms with van der Waals surface area (Å²) in [5.41, 5.74) is 0. The summed E-state index contributed by atoms with van der Waals surface area (Å²) in [4.78, 5) is 8.56. The van der Waals surface area contributed by atoms with Crippen molar-refractivity contribution in [2.75, 3.05) is 0 Å². The van der Waals surface area contributed by atoms with Gasteiger partial charge in [0.05, 0.1) is 0 Å². The third kappa shape index (κ3) is 167000. The SMILES string of the molecule is O.O.O=C(O)O.[Fe].[O]=[AlH]. The Morgan fingerprint density at radius 3 is 1.11 bits per heavy atom. The molecule has 0 amide bonds. The third-order valence-corrected chi connectivity index (χ3v) is 0. The molecular weight excluding hydrogens is 191 g/mol. The molecule has 0 aliphatic carbocycles. The van der Waals surface area contributed by atoms with Gasteiger partial charge in [-0.25, -0.2) is 4.79 Å². The van der Waals surface area contributed by atoms with Gasteiger partial charge in [0.15, 0.2) is 0 Å². The third-order valence-electron chi connectivity index (χ3n) is 0. The first-order valence-corrected chi connectivity index (χ1v) is 1.52. The van der Waals surface area contributed by atoms with Gasteiger partial charge in [0.1, 0.15) is 0 Å². The van der Waals surface area contributed by atoms with Gasteiger partial charge in [-0.1, -0.05) is 0 Å². The summed E-state index contributed by atoms with van der Waals surface area (Å²) < 4.78 is 8.28. The topological polar surface area (TPSA) is 138 Å². The monoisotopic (exact) mass is 198 g/mol. The Kier molecular flexibility index (Phi) is 171. The van der Waals surface area contributed by atoms with E-state index >= 15 is 0 Å². The van der Waals surface area contributed by atoms with Gasteiger partial charge < -0.3 is 21.2 Å². The van der Waals surface area contributed by atoms with Gasteiger partial charge in [-0.2, -0.15) is 0 Å². The summed E-state index contributed by atoms with van der Waals surface area (Å²) in [5, 5.41) is 13.9. The molecular formula is CH7AlFeO6. The summed E-state index contributed by atoms with van der Waals surface area (Å²) in [6, 6.07) is 0. The molecule has 9 heavy (non-hydrogen) atoms. The average Bonchev–Trinajstić information content (AvgIpc) is 1.41. The fourth-order valence-corrected chi connectivity index (χ4v) is 0. The molecule has 0 heterocycles. The van der Waals surface area contributed by atoms with Crippen LogP contribution in [0.15, 0.2) is 0 Å². The van der Waals surface area contributed by atoms with E-state index in [1.54, 1.807) is 0 Å². The zero-order chi connectivity index (χ0) is 5.58. The first-order chi connectivity index (χ1) is 2.73. The molecule has 6 nitrogen and oxygen atoms in total. The molecule has 0 unspecified atom stereocenters. The van der Waals surface area contributed by atoms with Crippen LogP contribution in [-0.4, -0.2) is 43.5 Å². The molecule has 0 aliphatic rings. The molecule has 0 aliphatic heterocycles. The van der Waals surface area contributed by atoms with Crippen LogP contribution in [-0.2, 0) is 20.9 Å². The Hall–Kier alpha value is 0.0419. The molecule has 0 aromatic carbocycles. The van der Waals surface area contributed by atoms with Crippen molar-refractivity contribution in [2.24, 2.45) is 0 Å². The second-order valence-electron chi connectivity index (χ2n) is 0.283. The number of carbonyl (C=O) groups is 1. The van der Waals surface area contributed by atoms with Crippen LogP contribution < -0.4 is 0 Å². The van der Waals surface area contributed by atoms with E-state index in [0.717, 1.165) is 0 Å². The van der Waals surface area contributed by atoms with Crippen LogP contribution in [0.25, 0.3) is 0 Å². The minimum atomic E-state index is -1.83. The van der Waals surface area contributed by atoms with Crippen molar-refractivity contribution in [3.05, 3.63) is 0 Å². The Morgan fingerprint density at radius 2 is 1.11 bits per heavy atom. The minimum absolute atomic E-state index is 0. The molecule has 0 spiro atoms. The van der Waals surface area contributed by atoms with Gasteiger partial charge in [0, 0.05) is 17.1 Å². The number of rotatable bonds is 0. The van der Waals surface area contributed by atoms with Crippen LogP contribution in [0.3, 0.4) is 0 Å². The summed E-state index contributed by atoms with van der Waals surface area (Å²) in [5.74, 6) is 0. The molecule has 0 aromatic rings. The molecule has 0 fully saturated rings. The normalized spacial score (nSPS) is 3.00. The molecule has 0 saturated heterocycles. The molecule has 0 atom stereocenters. The standard InChI is InChI=1S/CH2O3.Al.Fe.2H2O.O.H/c2-1(3)4;;;;;;/h(H2,2,3,4);;;2*1H2;;. The summed E-state index contributed by atoms with van der Waals surface area (Å²) in [6.07, 6.45) is -1.83. The quantitative estimate of drug-likeness (QED) is 0.426. The molecule has 8 heteroatoms. The molecule has 0 rings (SSSR count). The molecule has 0 bridgehead atoms. The van der Waals surface area contributed by atoms with Crippen molar-refractivity contribution in [2.45, 2.75) is 0 Å². The van der Waals surface area contributed by atoms with Crippen molar-refractivity contribution in [3.8, 4) is 0 Å². The van der Waals surface area contributed by atoms with E-state index < -0.39 is 6.16 Å². The molecule has 0 aromatic heterocycles. The number of carboxylic acid groups (broad SMARTS) is 2. The van der Waals surface area contributed by atoms with Crippen LogP contribution in [0.2, 0.25) is 0 Å². The van der Waals surface area contributed by atoms with Crippen molar-refractivity contribution in [1.29, 1.82) is 0 Å². The van der Waals surface area contributed by atoms with Gasteiger partial charge in [0.2, 0.25) is 0 Å². The van der Waals surface area contributed by atoms with E-state index in [0.29, 0.717) is 16.2 Å². The van der Waals surface area contributed by atoms with Gasteiger partial charge in [-0.3, -0.25) is 0 Å². The Balaban J connectivity index is -0.00000000990. The van der Waals surface area contributed by atoms with Gasteiger partial charge in [-0.05, 0) is 0 Å². The Labute approximate surface area is 69.6 Å². The predicted molar refractivity (Wildman–Crippen MR) is 25.7 cm³/mol. The van der Waals surface area contributed by atoms with Crippen molar-refractivity contribution in [1.82, 2.24) is 0 Å². The van der Waals surface area contributed by atoms with Crippen LogP contribution in [0.5, 0.6) is 0 Å². The van der Waals surface area contributed by atoms with Crippen molar-refractivity contribution < 1.29 is 46.8 Å². The first-order valence-electron chi connectivity index (χ1n) is 0.940. The predicted octanol–water partition coefficient (Wildman–Crippen LogP) is -2.20. The second kappa shape index (κ2) is 43.1. The maximum atomic E-state index is 8.56. The Morgan fingerprint density at radius 1 is 1.11 bits per heavy atom. The van der Waals surface area contributed by atoms with Crippen LogP contribution >= 0.6 is 0 Å². The molecule has 58 valence electrons. The van der Waals surface area contributed by atoms with Crippen LogP contribution in [0.4, 0.5) is 4.79 Å². The summed E-state index contributed by atoms with van der Waals surface area (Å²) in [7, 11) is 0. The number of hydrogen-bond donors (Lipinski definition) is 2. The molecule has 6 N–H and O–H groups in total. The van der Waals surface area contributed by atoms with Crippen LogP contribution in [0.1, 0.15) is 0 Å². The van der Waals surface area contributed by atoms with Gasteiger partial charge >= 0.3 is 26.2 Å².